The first kappa shape index (κ1) is 22.8. The van der Waals surface area contributed by atoms with Gasteiger partial charge in [0, 0.05) is 55.9 Å². The molecular formula is C23H27N7O2S. The second kappa shape index (κ2) is 10.5. The molecule has 10 heteroatoms. The molecule has 2 aliphatic rings. The van der Waals surface area contributed by atoms with Crippen LogP contribution in [0.25, 0.3) is 0 Å². The van der Waals surface area contributed by atoms with Crippen LogP contribution in [0, 0.1) is 0 Å². The third kappa shape index (κ3) is 5.70. The fourth-order valence-corrected chi connectivity index (χ4v) is 4.71. The number of carbonyl (C=O) groups is 2. The molecule has 33 heavy (non-hydrogen) atoms. The van der Waals surface area contributed by atoms with E-state index in [0.29, 0.717) is 18.7 Å². The lowest BCUT2D eigenvalue weighted by Crippen LogP contribution is -2.26. The lowest BCUT2D eigenvalue weighted by molar-refractivity contribution is -0.117. The zero-order chi connectivity index (χ0) is 23.2. The SMILES string of the molecule is CN1C(=O)CCSc2cnc(N3CCCC3)cc21.NC(=O)c1n[nH]c(Cc2ccccc2)n1. The molecule has 0 atom stereocenters. The predicted octanol–water partition coefficient (Wildman–Crippen LogP) is 2.63. The summed E-state index contributed by atoms with van der Waals surface area (Å²) in [6.45, 7) is 2.16. The average Bonchev–Trinajstić information content (AvgIpc) is 3.50. The summed E-state index contributed by atoms with van der Waals surface area (Å²) in [5.41, 5.74) is 7.15. The van der Waals surface area contributed by atoms with Crippen LogP contribution in [-0.4, -0.2) is 57.9 Å². The van der Waals surface area contributed by atoms with E-state index in [2.05, 4.69) is 31.1 Å². The van der Waals surface area contributed by atoms with Gasteiger partial charge in [0.15, 0.2) is 0 Å². The molecule has 1 fully saturated rings. The number of fused-ring (bicyclic) bond motifs is 1. The Hall–Kier alpha value is -3.40. The minimum Gasteiger partial charge on any atom is -0.363 e. The van der Waals surface area contributed by atoms with Crippen molar-refractivity contribution in [1.82, 2.24) is 20.2 Å². The van der Waals surface area contributed by atoms with Crippen molar-refractivity contribution in [2.45, 2.75) is 30.6 Å². The summed E-state index contributed by atoms with van der Waals surface area (Å²) in [4.78, 5) is 36.3. The standard InChI is InChI=1S/C13H17N3OS.C10H10N4O/c1-15-10-8-12(16-5-2-3-6-16)14-9-11(10)18-7-4-13(15)17;11-9(15)10-12-8(13-14-10)6-7-4-2-1-3-5-7/h8-9H,2-7H2,1H3;1-5H,6H2,(H2,11,15)(H,12,13,14). The van der Waals surface area contributed by atoms with Gasteiger partial charge < -0.3 is 15.5 Å². The molecule has 0 aliphatic carbocycles. The van der Waals surface area contributed by atoms with Gasteiger partial charge in [0.1, 0.15) is 11.6 Å². The number of H-pyrrole nitrogens is 1. The van der Waals surface area contributed by atoms with Crippen molar-refractivity contribution in [2.24, 2.45) is 5.73 Å². The number of nitrogens with zero attached hydrogens (tertiary/aromatic N) is 5. The Kier molecular flexibility index (Phi) is 7.23. The minimum atomic E-state index is -0.620. The van der Waals surface area contributed by atoms with E-state index in [1.54, 1.807) is 16.7 Å². The number of carbonyl (C=O) groups excluding carboxylic acids is 2. The lowest BCUT2D eigenvalue weighted by Gasteiger charge is -2.21. The summed E-state index contributed by atoms with van der Waals surface area (Å²) in [6.07, 6.45) is 5.61. The molecule has 1 saturated heterocycles. The molecule has 2 aromatic heterocycles. The van der Waals surface area contributed by atoms with E-state index < -0.39 is 5.91 Å². The predicted molar refractivity (Wildman–Crippen MR) is 129 cm³/mol. The number of nitrogens with one attached hydrogen (secondary N) is 1. The van der Waals surface area contributed by atoms with E-state index in [-0.39, 0.29) is 11.7 Å². The summed E-state index contributed by atoms with van der Waals surface area (Å²) < 4.78 is 0. The van der Waals surface area contributed by atoms with Crippen molar-refractivity contribution >= 4 is 35.1 Å². The second-order valence-corrected chi connectivity index (χ2v) is 9.02. The van der Waals surface area contributed by atoms with Gasteiger partial charge in [-0.25, -0.2) is 9.97 Å². The third-order valence-electron chi connectivity index (χ3n) is 5.54. The van der Waals surface area contributed by atoms with Gasteiger partial charge in [0.25, 0.3) is 5.91 Å². The molecule has 2 aliphatic heterocycles. The van der Waals surface area contributed by atoms with Crippen LogP contribution in [0.15, 0.2) is 47.5 Å². The highest BCUT2D eigenvalue weighted by Crippen LogP contribution is 2.35. The van der Waals surface area contributed by atoms with Crippen LogP contribution >= 0.6 is 11.8 Å². The Labute approximate surface area is 196 Å². The van der Waals surface area contributed by atoms with Gasteiger partial charge in [0.2, 0.25) is 11.7 Å². The van der Waals surface area contributed by atoms with E-state index in [4.69, 9.17) is 5.73 Å². The van der Waals surface area contributed by atoms with E-state index in [0.717, 1.165) is 40.8 Å². The molecule has 0 spiro atoms. The Morgan fingerprint density at radius 2 is 1.97 bits per heavy atom. The largest absolute Gasteiger partial charge is 0.363 e. The number of benzene rings is 1. The van der Waals surface area contributed by atoms with Gasteiger partial charge in [-0.15, -0.1) is 16.9 Å². The zero-order valence-electron chi connectivity index (χ0n) is 18.5. The first-order valence-corrected chi connectivity index (χ1v) is 11.9. The van der Waals surface area contributed by atoms with Crippen molar-refractivity contribution in [3.63, 3.8) is 0 Å². The van der Waals surface area contributed by atoms with Crippen LogP contribution in [0.1, 0.15) is 41.3 Å². The Morgan fingerprint density at radius 3 is 2.67 bits per heavy atom. The summed E-state index contributed by atoms with van der Waals surface area (Å²) in [6, 6.07) is 11.9. The van der Waals surface area contributed by atoms with Gasteiger partial charge in [0.05, 0.1) is 5.69 Å². The average molecular weight is 466 g/mol. The molecule has 2 amide bonds. The Bertz CT molecular complexity index is 1110. The second-order valence-electron chi connectivity index (χ2n) is 7.89. The highest BCUT2D eigenvalue weighted by molar-refractivity contribution is 7.99. The molecular weight excluding hydrogens is 438 g/mol. The maximum atomic E-state index is 11.9. The molecule has 4 heterocycles. The highest BCUT2D eigenvalue weighted by Gasteiger charge is 2.22. The molecule has 3 aromatic rings. The lowest BCUT2D eigenvalue weighted by atomic mass is 10.1. The number of hydrogen-bond donors (Lipinski definition) is 2. The number of hydrogen-bond acceptors (Lipinski definition) is 7. The zero-order valence-corrected chi connectivity index (χ0v) is 19.3. The molecule has 0 bridgehead atoms. The first-order chi connectivity index (χ1) is 16.0. The first-order valence-electron chi connectivity index (χ1n) is 10.9. The Balaban J connectivity index is 0.000000160. The number of primary amides is 1. The number of thioether (sulfide) groups is 1. The summed E-state index contributed by atoms with van der Waals surface area (Å²) >= 11 is 1.72. The topological polar surface area (TPSA) is 121 Å². The summed E-state index contributed by atoms with van der Waals surface area (Å²) in [5.74, 6) is 2.09. The van der Waals surface area contributed by atoms with Crippen LogP contribution in [0.3, 0.4) is 0 Å². The van der Waals surface area contributed by atoms with Gasteiger partial charge in [-0.1, -0.05) is 30.3 Å². The highest BCUT2D eigenvalue weighted by atomic mass is 32.2. The third-order valence-corrected chi connectivity index (χ3v) is 6.57. The number of anilines is 2. The van der Waals surface area contributed by atoms with Crippen LogP contribution in [0.2, 0.25) is 0 Å². The molecule has 0 unspecified atom stereocenters. The van der Waals surface area contributed by atoms with Gasteiger partial charge in [-0.3, -0.25) is 14.7 Å². The minimum absolute atomic E-state index is 0.0286. The van der Waals surface area contributed by atoms with Crippen molar-refractivity contribution in [3.05, 3.63) is 59.8 Å². The number of pyridine rings is 1. The molecule has 3 N–H and O–H groups in total. The van der Waals surface area contributed by atoms with Crippen LogP contribution < -0.4 is 15.5 Å². The number of nitrogens with two attached hydrogens (primary N) is 1. The van der Waals surface area contributed by atoms with Crippen LogP contribution in [0.4, 0.5) is 11.5 Å². The molecule has 172 valence electrons. The van der Waals surface area contributed by atoms with Crippen LogP contribution in [0.5, 0.6) is 0 Å². The number of rotatable bonds is 4. The number of aromatic amines is 1. The van der Waals surface area contributed by atoms with E-state index in [9.17, 15) is 9.59 Å². The van der Waals surface area contributed by atoms with Gasteiger partial charge >= 0.3 is 0 Å². The molecule has 1 aromatic carbocycles. The molecule has 9 nitrogen and oxygen atoms in total. The molecule has 5 rings (SSSR count). The van der Waals surface area contributed by atoms with Gasteiger partial charge in [-0.05, 0) is 18.4 Å². The molecule has 0 saturated carbocycles. The maximum absolute atomic E-state index is 11.9. The van der Waals surface area contributed by atoms with E-state index in [1.807, 2.05) is 43.6 Å². The van der Waals surface area contributed by atoms with Crippen molar-refractivity contribution < 1.29 is 9.59 Å². The quantitative estimate of drug-likeness (QED) is 0.607. The van der Waals surface area contributed by atoms with Crippen molar-refractivity contribution in [2.75, 3.05) is 35.7 Å². The summed E-state index contributed by atoms with van der Waals surface area (Å²) in [7, 11) is 1.86. The van der Waals surface area contributed by atoms with Crippen LogP contribution in [-0.2, 0) is 11.2 Å². The Morgan fingerprint density at radius 1 is 1.21 bits per heavy atom. The summed E-state index contributed by atoms with van der Waals surface area (Å²) in [5, 5.41) is 6.37. The fourth-order valence-electron chi connectivity index (χ4n) is 3.74. The number of amides is 2. The van der Waals surface area contributed by atoms with E-state index >= 15 is 0 Å². The normalized spacial score (nSPS) is 15.5. The van der Waals surface area contributed by atoms with Gasteiger partial charge in [-0.2, -0.15) is 0 Å². The van der Waals surface area contributed by atoms with Crippen molar-refractivity contribution in [1.29, 1.82) is 0 Å². The maximum Gasteiger partial charge on any atom is 0.288 e. The number of aromatic nitrogens is 4. The fraction of sp³-hybridized carbons (Fsp3) is 0.348. The molecule has 0 radical (unpaired) electrons. The smallest absolute Gasteiger partial charge is 0.288 e. The van der Waals surface area contributed by atoms with E-state index in [1.165, 1.54) is 12.8 Å². The van der Waals surface area contributed by atoms with Crippen molar-refractivity contribution in [3.8, 4) is 0 Å². The monoisotopic (exact) mass is 465 g/mol.